The number of carbonyl (C=O) groups excluding carboxylic acids is 1. The number of anilines is 2. The Hall–Kier alpha value is -3.36. The minimum atomic E-state index is -0.146. The summed E-state index contributed by atoms with van der Waals surface area (Å²) in [6.07, 6.45) is 0. The smallest absolute Gasteiger partial charge is 0.221 e. The number of carbonyl (C=O) groups is 1. The lowest BCUT2D eigenvalue weighted by Crippen LogP contribution is -2.05. The number of nitrogens with zero attached hydrogens (tertiary/aromatic N) is 2. The van der Waals surface area contributed by atoms with Crippen LogP contribution in [0.1, 0.15) is 12.5 Å². The molecular weight excluding hydrogens is 348 g/mol. The molecule has 0 atom stereocenters. The predicted molar refractivity (Wildman–Crippen MR) is 104 cm³/mol. The molecule has 0 fully saturated rings. The van der Waals surface area contributed by atoms with Crippen molar-refractivity contribution in [2.75, 3.05) is 11.1 Å². The maximum atomic E-state index is 11.2. The average molecular weight is 363 g/mol. The van der Waals surface area contributed by atoms with E-state index in [-0.39, 0.29) is 11.7 Å². The first-order valence-electron chi connectivity index (χ1n) is 7.82. The second-order valence-corrected chi connectivity index (χ2v) is 6.13. The Bertz CT molecular complexity index is 1020. The van der Waals surface area contributed by atoms with Gasteiger partial charge >= 0.3 is 0 Å². The zero-order valence-corrected chi connectivity index (χ0v) is 14.7. The van der Waals surface area contributed by atoms with E-state index in [4.69, 9.17) is 17.3 Å². The van der Waals surface area contributed by atoms with Crippen molar-refractivity contribution in [2.45, 2.75) is 6.92 Å². The van der Waals surface area contributed by atoms with Gasteiger partial charge in [0.2, 0.25) is 5.91 Å². The van der Waals surface area contributed by atoms with E-state index in [2.05, 4.69) is 16.4 Å². The number of nitrogens with two attached hydrogens (primary N) is 1. The molecule has 1 amide bonds. The van der Waals surface area contributed by atoms with E-state index in [1.165, 1.54) is 6.92 Å². The van der Waals surface area contributed by atoms with Crippen molar-refractivity contribution in [2.24, 2.45) is 0 Å². The Morgan fingerprint density at radius 1 is 1.15 bits per heavy atom. The third-order valence-electron chi connectivity index (χ3n) is 3.80. The molecule has 0 bridgehead atoms. The van der Waals surface area contributed by atoms with Crippen LogP contribution >= 0.6 is 11.6 Å². The minimum Gasteiger partial charge on any atom is -0.383 e. The molecular formula is C20H15ClN4O. The Kier molecular flexibility index (Phi) is 4.87. The number of benzene rings is 2. The van der Waals surface area contributed by atoms with Gasteiger partial charge in [0.05, 0.1) is 5.69 Å². The zero-order valence-electron chi connectivity index (χ0n) is 14.0. The highest BCUT2D eigenvalue weighted by Gasteiger charge is 2.13. The quantitative estimate of drug-likeness (QED) is 0.718. The van der Waals surface area contributed by atoms with Crippen LogP contribution in [0.15, 0.2) is 54.6 Å². The normalized spacial score (nSPS) is 10.2. The Morgan fingerprint density at radius 2 is 1.88 bits per heavy atom. The highest BCUT2D eigenvalue weighted by Crippen LogP contribution is 2.32. The van der Waals surface area contributed by atoms with Crippen molar-refractivity contribution in [1.29, 1.82) is 5.26 Å². The van der Waals surface area contributed by atoms with Crippen LogP contribution in [0.5, 0.6) is 0 Å². The van der Waals surface area contributed by atoms with Gasteiger partial charge in [-0.3, -0.25) is 4.79 Å². The summed E-state index contributed by atoms with van der Waals surface area (Å²) in [6.45, 7) is 1.45. The molecule has 2 aromatic carbocycles. The van der Waals surface area contributed by atoms with E-state index in [0.717, 1.165) is 11.1 Å². The van der Waals surface area contributed by atoms with Gasteiger partial charge in [-0.15, -0.1) is 0 Å². The van der Waals surface area contributed by atoms with Crippen LogP contribution in [-0.2, 0) is 4.79 Å². The van der Waals surface area contributed by atoms with E-state index in [1.54, 1.807) is 24.3 Å². The fourth-order valence-corrected chi connectivity index (χ4v) is 2.83. The number of aromatic nitrogens is 1. The molecule has 0 saturated carbocycles. The Labute approximate surface area is 156 Å². The molecule has 0 unspecified atom stereocenters. The summed E-state index contributed by atoms with van der Waals surface area (Å²) in [7, 11) is 0. The van der Waals surface area contributed by atoms with Crippen molar-refractivity contribution < 1.29 is 4.79 Å². The lowest BCUT2D eigenvalue weighted by molar-refractivity contribution is -0.114. The van der Waals surface area contributed by atoms with Gasteiger partial charge in [-0.1, -0.05) is 35.9 Å². The zero-order chi connectivity index (χ0) is 18.7. The molecule has 3 rings (SSSR count). The Morgan fingerprint density at radius 3 is 2.50 bits per heavy atom. The monoisotopic (exact) mass is 362 g/mol. The van der Waals surface area contributed by atoms with Gasteiger partial charge in [0.15, 0.2) is 0 Å². The number of pyridine rings is 1. The number of rotatable bonds is 3. The van der Waals surface area contributed by atoms with Gasteiger partial charge < -0.3 is 11.1 Å². The summed E-state index contributed by atoms with van der Waals surface area (Å²) >= 11 is 6.06. The SMILES string of the molecule is CC(=O)Nc1ccc(-c2cc(-c3cccc(Cl)c3)nc(N)c2C#N)cc1. The summed E-state index contributed by atoms with van der Waals surface area (Å²) in [5.41, 5.74) is 9.91. The van der Waals surface area contributed by atoms with Crippen LogP contribution in [0.4, 0.5) is 11.5 Å². The van der Waals surface area contributed by atoms with Gasteiger partial charge in [0.25, 0.3) is 0 Å². The van der Waals surface area contributed by atoms with Crippen molar-refractivity contribution in [3.8, 4) is 28.5 Å². The van der Waals surface area contributed by atoms with Crippen LogP contribution in [-0.4, -0.2) is 10.9 Å². The fourth-order valence-electron chi connectivity index (χ4n) is 2.64. The van der Waals surface area contributed by atoms with E-state index in [1.807, 2.05) is 30.3 Å². The number of hydrogen-bond acceptors (Lipinski definition) is 4. The van der Waals surface area contributed by atoms with Crippen LogP contribution in [0, 0.1) is 11.3 Å². The molecule has 3 aromatic rings. The van der Waals surface area contributed by atoms with Gasteiger partial charge in [-0.05, 0) is 35.9 Å². The van der Waals surface area contributed by atoms with E-state index < -0.39 is 0 Å². The summed E-state index contributed by atoms with van der Waals surface area (Å²) in [5, 5.41) is 12.8. The number of amides is 1. The van der Waals surface area contributed by atoms with Gasteiger partial charge in [-0.25, -0.2) is 4.98 Å². The number of nitrogen functional groups attached to an aromatic ring is 1. The van der Waals surface area contributed by atoms with Crippen LogP contribution in [0.2, 0.25) is 5.02 Å². The van der Waals surface area contributed by atoms with Crippen LogP contribution < -0.4 is 11.1 Å². The molecule has 128 valence electrons. The summed E-state index contributed by atoms with van der Waals surface area (Å²) in [4.78, 5) is 15.5. The third kappa shape index (κ3) is 3.66. The largest absolute Gasteiger partial charge is 0.383 e. The standard InChI is InChI=1S/C20H15ClN4O/c1-12(26)24-16-7-5-13(6-8-16)17-10-19(25-20(23)18(17)11-22)14-3-2-4-15(21)9-14/h2-10H,1H3,(H2,23,25)(H,24,26). The number of nitriles is 1. The van der Waals surface area contributed by atoms with Crippen LogP contribution in [0.3, 0.4) is 0 Å². The van der Waals surface area contributed by atoms with E-state index >= 15 is 0 Å². The second kappa shape index (κ2) is 7.26. The van der Waals surface area contributed by atoms with Gasteiger partial charge in [0.1, 0.15) is 17.5 Å². The topological polar surface area (TPSA) is 91.8 Å². The molecule has 0 aliphatic heterocycles. The molecule has 1 heterocycles. The van der Waals surface area contributed by atoms with Crippen molar-refractivity contribution in [3.05, 3.63) is 65.2 Å². The molecule has 3 N–H and O–H groups in total. The molecule has 6 heteroatoms. The third-order valence-corrected chi connectivity index (χ3v) is 4.03. The molecule has 26 heavy (non-hydrogen) atoms. The van der Waals surface area contributed by atoms with Crippen molar-refractivity contribution >= 4 is 29.0 Å². The van der Waals surface area contributed by atoms with Gasteiger partial charge in [-0.2, -0.15) is 5.26 Å². The first kappa shape index (κ1) is 17.5. The molecule has 0 spiro atoms. The molecule has 5 nitrogen and oxygen atoms in total. The first-order valence-corrected chi connectivity index (χ1v) is 8.20. The lowest BCUT2D eigenvalue weighted by Gasteiger charge is -2.11. The summed E-state index contributed by atoms with van der Waals surface area (Å²) in [6, 6.07) is 18.4. The number of nitrogens with one attached hydrogen (secondary N) is 1. The molecule has 0 aliphatic carbocycles. The maximum absolute atomic E-state index is 11.2. The molecule has 0 aliphatic rings. The summed E-state index contributed by atoms with van der Waals surface area (Å²) in [5.74, 6) is 0.0118. The molecule has 0 radical (unpaired) electrons. The predicted octanol–water partition coefficient (Wildman–Crippen LogP) is 4.48. The highest BCUT2D eigenvalue weighted by molar-refractivity contribution is 6.30. The van der Waals surface area contributed by atoms with E-state index in [0.29, 0.717) is 27.5 Å². The average Bonchev–Trinajstić information content (AvgIpc) is 2.61. The number of halogens is 1. The summed E-state index contributed by atoms with van der Waals surface area (Å²) < 4.78 is 0. The first-order chi connectivity index (χ1) is 12.5. The highest BCUT2D eigenvalue weighted by atomic mass is 35.5. The van der Waals surface area contributed by atoms with Crippen molar-refractivity contribution in [3.63, 3.8) is 0 Å². The second-order valence-electron chi connectivity index (χ2n) is 5.70. The maximum Gasteiger partial charge on any atom is 0.221 e. The van der Waals surface area contributed by atoms with Gasteiger partial charge in [0, 0.05) is 28.8 Å². The lowest BCUT2D eigenvalue weighted by atomic mass is 9.98. The Balaban J connectivity index is 2.11. The molecule has 0 saturated heterocycles. The molecule has 1 aromatic heterocycles. The fraction of sp³-hybridized carbons (Fsp3) is 0.0500. The van der Waals surface area contributed by atoms with Crippen molar-refractivity contribution in [1.82, 2.24) is 4.98 Å². The number of hydrogen-bond donors (Lipinski definition) is 2. The van der Waals surface area contributed by atoms with E-state index in [9.17, 15) is 10.1 Å². The minimum absolute atomic E-state index is 0.146. The van der Waals surface area contributed by atoms with Crippen LogP contribution in [0.25, 0.3) is 22.4 Å².